The van der Waals surface area contributed by atoms with Gasteiger partial charge in [-0.1, -0.05) is 0 Å². The molecule has 2 rings (SSSR count). The average Bonchev–Trinajstić information content (AvgIpc) is 2.58. The summed E-state index contributed by atoms with van der Waals surface area (Å²) in [6.07, 6.45) is 1.48. The van der Waals surface area contributed by atoms with Crippen molar-refractivity contribution in [2.24, 2.45) is 7.05 Å². The lowest BCUT2D eigenvalue weighted by Gasteiger charge is -2.13. The van der Waals surface area contributed by atoms with E-state index in [1.165, 1.54) is 6.20 Å². The third-order valence-corrected chi connectivity index (χ3v) is 3.93. The molecule has 0 amide bonds. The molecule has 1 aliphatic rings. The molecule has 1 aromatic rings. The van der Waals surface area contributed by atoms with Crippen LogP contribution >= 0.6 is 0 Å². The van der Waals surface area contributed by atoms with Crippen LogP contribution in [0.2, 0.25) is 0 Å². The smallest absolute Gasteiger partial charge is 0.157 e. The fourth-order valence-electron chi connectivity index (χ4n) is 1.54. The van der Waals surface area contributed by atoms with Gasteiger partial charge >= 0.3 is 0 Å². The summed E-state index contributed by atoms with van der Waals surface area (Å²) in [4.78, 5) is 0. The molecule has 1 fully saturated rings. The van der Waals surface area contributed by atoms with Gasteiger partial charge in [-0.25, -0.2) is 8.42 Å². The Morgan fingerprint density at radius 2 is 2.33 bits per heavy atom. The molecule has 0 radical (unpaired) electrons. The summed E-state index contributed by atoms with van der Waals surface area (Å²) in [6, 6.07) is 0. The van der Waals surface area contributed by atoms with Crippen LogP contribution in [0.1, 0.15) is 0 Å². The van der Waals surface area contributed by atoms with Crippen molar-refractivity contribution >= 4 is 9.84 Å². The van der Waals surface area contributed by atoms with Gasteiger partial charge in [-0.05, 0) is 0 Å². The van der Waals surface area contributed by atoms with Crippen LogP contribution in [0.5, 0.6) is 5.75 Å². The van der Waals surface area contributed by atoms with Crippen molar-refractivity contribution in [2.75, 3.05) is 11.5 Å². The molecule has 0 aliphatic carbocycles. The molecular formula is C8H12N2O4S. The van der Waals surface area contributed by atoms with Gasteiger partial charge in [-0.15, -0.1) is 0 Å². The van der Waals surface area contributed by atoms with E-state index in [1.54, 1.807) is 17.9 Å². The van der Waals surface area contributed by atoms with Gasteiger partial charge < -0.3 is 9.84 Å². The lowest BCUT2D eigenvalue weighted by molar-refractivity contribution is 0.0737. The van der Waals surface area contributed by atoms with Crippen LogP contribution in [0.4, 0.5) is 0 Å². The number of aromatic nitrogens is 2. The predicted octanol–water partition coefficient (Wildman–Crippen LogP) is -1.04. The van der Waals surface area contributed by atoms with E-state index < -0.39 is 22.0 Å². The number of rotatable bonds is 2. The Labute approximate surface area is 87.4 Å². The SMILES string of the molecule is Cn1cc(O[C@@H]2CS(=O)(=O)C[C@H]2O)cn1. The van der Waals surface area contributed by atoms with Crippen molar-refractivity contribution in [1.82, 2.24) is 9.78 Å². The molecule has 1 saturated heterocycles. The molecule has 0 unspecified atom stereocenters. The molecule has 0 aromatic carbocycles. The van der Waals surface area contributed by atoms with E-state index in [1.807, 2.05) is 0 Å². The van der Waals surface area contributed by atoms with Crippen LogP contribution in [0.25, 0.3) is 0 Å². The Morgan fingerprint density at radius 1 is 1.60 bits per heavy atom. The maximum absolute atomic E-state index is 11.2. The number of aryl methyl sites for hydroxylation is 1. The number of aliphatic hydroxyl groups is 1. The van der Waals surface area contributed by atoms with Crippen molar-refractivity contribution in [3.63, 3.8) is 0 Å². The first-order valence-corrected chi connectivity index (χ1v) is 6.32. The normalized spacial score (nSPS) is 29.2. The van der Waals surface area contributed by atoms with Gasteiger partial charge in [0.05, 0.1) is 23.9 Å². The third-order valence-electron chi connectivity index (χ3n) is 2.24. The van der Waals surface area contributed by atoms with Crippen LogP contribution in [0.15, 0.2) is 12.4 Å². The van der Waals surface area contributed by atoms with E-state index in [0.717, 1.165) is 0 Å². The topological polar surface area (TPSA) is 81.4 Å². The second-order valence-electron chi connectivity index (χ2n) is 3.65. The van der Waals surface area contributed by atoms with Gasteiger partial charge in [0, 0.05) is 7.05 Å². The monoisotopic (exact) mass is 232 g/mol. The van der Waals surface area contributed by atoms with Gasteiger partial charge in [-0.3, -0.25) is 4.68 Å². The Kier molecular flexibility index (Phi) is 2.43. The van der Waals surface area contributed by atoms with E-state index >= 15 is 0 Å². The number of ether oxygens (including phenoxy) is 1. The van der Waals surface area contributed by atoms with Crippen LogP contribution in [0, 0.1) is 0 Å². The van der Waals surface area contributed by atoms with Crippen LogP contribution in [0.3, 0.4) is 0 Å². The lowest BCUT2D eigenvalue weighted by Crippen LogP contribution is -2.29. The second kappa shape index (κ2) is 3.49. The van der Waals surface area contributed by atoms with Gasteiger partial charge in [0.1, 0.15) is 12.2 Å². The predicted molar refractivity (Wildman–Crippen MR) is 52.3 cm³/mol. The first-order chi connectivity index (χ1) is 6.96. The molecule has 2 atom stereocenters. The highest BCUT2D eigenvalue weighted by Crippen LogP contribution is 2.19. The summed E-state index contributed by atoms with van der Waals surface area (Å²) >= 11 is 0. The molecular weight excluding hydrogens is 220 g/mol. The summed E-state index contributed by atoms with van der Waals surface area (Å²) in [6.45, 7) is 0. The van der Waals surface area contributed by atoms with Crippen LogP contribution in [-0.4, -0.2) is 47.0 Å². The molecule has 6 nitrogen and oxygen atoms in total. The zero-order valence-electron chi connectivity index (χ0n) is 8.20. The molecule has 0 saturated carbocycles. The minimum atomic E-state index is -3.16. The van der Waals surface area contributed by atoms with E-state index in [4.69, 9.17) is 4.74 Å². The molecule has 1 aromatic heterocycles. The van der Waals surface area contributed by atoms with Crippen molar-refractivity contribution < 1.29 is 18.3 Å². The first-order valence-electron chi connectivity index (χ1n) is 4.50. The maximum Gasteiger partial charge on any atom is 0.157 e. The van der Waals surface area contributed by atoms with Crippen LogP contribution in [-0.2, 0) is 16.9 Å². The highest BCUT2D eigenvalue weighted by atomic mass is 32.2. The molecule has 1 N–H and O–H groups in total. The van der Waals surface area contributed by atoms with Crippen molar-refractivity contribution in [3.05, 3.63) is 12.4 Å². The fourth-order valence-corrected chi connectivity index (χ4v) is 3.21. The second-order valence-corrected chi connectivity index (χ2v) is 5.80. The van der Waals surface area contributed by atoms with Gasteiger partial charge in [-0.2, -0.15) is 5.10 Å². The summed E-state index contributed by atoms with van der Waals surface area (Å²) in [5.41, 5.74) is 0. The fraction of sp³-hybridized carbons (Fsp3) is 0.625. The zero-order valence-corrected chi connectivity index (χ0v) is 9.01. The van der Waals surface area contributed by atoms with Gasteiger partial charge in [0.2, 0.25) is 0 Å². The molecule has 2 heterocycles. The highest BCUT2D eigenvalue weighted by molar-refractivity contribution is 7.91. The van der Waals surface area contributed by atoms with Gasteiger partial charge in [0.25, 0.3) is 0 Å². The third kappa shape index (κ3) is 2.29. The standard InChI is InChI=1S/C8H12N2O4S/c1-10-3-6(2-9-10)14-8-5-15(12,13)4-7(8)11/h2-3,7-8,11H,4-5H2,1H3/t7-,8-/m1/s1. The Hall–Kier alpha value is -1.08. The number of sulfone groups is 1. The number of aliphatic hydroxyl groups excluding tert-OH is 1. The summed E-state index contributed by atoms with van der Waals surface area (Å²) in [5, 5.41) is 13.3. The summed E-state index contributed by atoms with van der Waals surface area (Å²) < 4.78 is 29.3. The zero-order chi connectivity index (χ0) is 11.1. The largest absolute Gasteiger partial charge is 0.483 e. The molecule has 1 aliphatic heterocycles. The van der Waals surface area contributed by atoms with Crippen LogP contribution < -0.4 is 4.74 Å². The van der Waals surface area contributed by atoms with Crippen molar-refractivity contribution in [1.29, 1.82) is 0 Å². The summed E-state index contributed by atoms with van der Waals surface area (Å²) in [5.74, 6) is 0.111. The molecule has 0 spiro atoms. The van der Waals surface area contributed by atoms with E-state index in [-0.39, 0.29) is 11.5 Å². The van der Waals surface area contributed by atoms with Crippen molar-refractivity contribution in [3.8, 4) is 5.75 Å². The minimum Gasteiger partial charge on any atom is -0.483 e. The Morgan fingerprint density at radius 3 is 2.80 bits per heavy atom. The Bertz CT molecular complexity index is 453. The lowest BCUT2D eigenvalue weighted by atomic mass is 10.3. The quantitative estimate of drug-likeness (QED) is 0.704. The molecule has 15 heavy (non-hydrogen) atoms. The minimum absolute atomic E-state index is 0.136. The number of hydrogen-bond acceptors (Lipinski definition) is 5. The molecule has 7 heteroatoms. The number of nitrogens with zero attached hydrogens (tertiary/aromatic N) is 2. The number of hydrogen-bond donors (Lipinski definition) is 1. The van der Waals surface area contributed by atoms with E-state index in [9.17, 15) is 13.5 Å². The highest BCUT2D eigenvalue weighted by Gasteiger charge is 2.38. The molecule has 0 bridgehead atoms. The first kappa shape index (κ1) is 10.4. The average molecular weight is 232 g/mol. The summed E-state index contributed by atoms with van der Waals surface area (Å²) in [7, 11) is -1.43. The van der Waals surface area contributed by atoms with Crippen molar-refractivity contribution in [2.45, 2.75) is 12.2 Å². The van der Waals surface area contributed by atoms with Gasteiger partial charge in [0.15, 0.2) is 15.6 Å². The molecule has 84 valence electrons. The maximum atomic E-state index is 11.2. The van der Waals surface area contributed by atoms with E-state index in [2.05, 4.69) is 5.10 Å². The van der Waals surface area contributed by atoms with E-state index in [0.29, 0.717) is 5.75 Å². The Balaban J connectivity index is 2.08.